The molecule has 6 nitrogen and oxygen atoms in total. The molecule has 0 bridgehead atoms. The van der Waals surface area contributed by atoms with E-state index in [0.717, 1.165) is 6.26 Å². The summed E-state index contributed by atoms with van der Waals surface area (Å²) >= 11 is 0. The van der Waals surface area contributed by atoms with Crippen molar-refractivity contribution >= 4 is 5.97 Å². The summed E-state index contributed by atoms with van der Waals surface area (Å²) in [4.78, 5) is 10.5. The zero-order chi connectivity index (χ0) is 9.14. The van der Waals surface area contributed by atoms with Crippen LogP contribution in [0.25, 0.3) is 0 Å². The van der Waals surface area contributed by atoms with Crippen molar-refractivity contribution in [1.82, 2.24) is 5.16 Å². The Morgan fingerprint density at radius 2 is 2.50 bits per heavy atom. The van der Waals surface area contributed by atoms with Gasteiger partial charge in [0.2, 0.25) is 0 Å². The van der Waals surface area contributed by atoms with Crippen LogP contribution >= 0.6 is 0 Å². The number of nitrogens with zero attached hydrogens (tertiary/aromatic N) is 1. The van der Waals surface area contributed by atoms with Crippen molar-refractivity contribution < 1.29 is 19.5 Å². The SMILES string of the molecule is NCC(O)c1nocc1C(=O)O. The van der Waals surface area contributed by atoms with Crippen molar-refractivity contribution in [3.8, 4) is 0 Å². The van der Waals surface area contributed by atoms with Gasteiger partial charge in [-0.15, -0.1) is 0 Å². The van der Waals surface area contributed by atoms with Crippen LogP contribution in [0.3, 0.4) is 0 Å². The van der Waals surface area contributed by atoms with Crippen molar-refractivity contribution in [1.29, 1.82) is 0 Å². The van der Waals surface area contributed by atoms with E-state index < -0.39 is 12.1 Å². The zero-order valence-corrected chi connectivity index (χ0v) is 6.10. The third kappa shape index (κ3) is 1.44. The third-order valence-electron chi connectivity index (χ3n) is 1.37. The smallest absolute Gasteiger partial charge is 0.341 e. The minimum Gasteiger partial charge on any atom is -0.478 e. The van der Waals surface area contributed by atoms with E-state index in [-0.39, 0.29) is 17.8 Å². The van der Waals surface area contributed by atoms with Crippen LogP contribution in [0.2, 0.25) is 0 Å². The molecule has 0 aliphatic carbocycles. The van der Waals surface area contributed by atoms with E-state index in [1.165, 1.54) is 0 Å². The maximum atomic E-state index is 10.5. The van der Waals surface area contributed by atoms with Crippen LogP contribution in [-0.2, 0) is 0 Å². The van der Waals surface area contributed by atoms with Gasteiger partial charge in [-0.05, 0) is 0 Å². The number of nitrogens with two attached hydrogens (primary N) is 1. The average molecular weight is 172 g/mol. The number of aromatic carboxylic acids is 1. The van der Waals surface area contributed by atoms with Crippen LogP contribution < -0.4 is 5.73 Å². The molecule has 0 aliphatic rings. The molecule has 0 fully saturated rings. The summed E-state index contributed by atoms with van der Waals surface area (Å²) in [7, 11) is 0. The highest BCUT2D eigenvalue weighted by molar-refractivity contribution is 5.88. The van der Waals surface area contributed by atoms with Gasteiger partial charge in [0, 0.05) is 6.54 Å². The molecule has 12 heavy (non-hydrogen) atoms. The van der Waals surface area contributed by atoms with E-state index in [0.29, 0.717) is 0 Å². The summed E-state index contributed by atoms with van der Waals surface area (Å²) in [6, 6.07) is 0. The fourth-order valence-electron chi connectivity index (χ4n) is 0.757. The molecule has 1 heterocycles. The molecule has 0 radical (unpaired) electrons. The Hall–Kier alpha value is -1.40. The van der Waals surface area contributed by atoms with Gasteiger partial charge in [0.25, 0.3) is 0 Å². The highest BCUT2D eigenvalue weighted by Gasteiger charge is 2.20. The Morgan fingerprint density at radius 1 is 1.83 bits per heavy atom. The van der Waals surface area contributed by atoms with Crippen LogP contribution in [0.1, 0.15) is 22.2 Å². The normalized spacial score (nSPS) is 12.8. The Kier molecular flexibility index (Phi) is 2.41. The molecule has 0 aliphatic heterocycles. The standard InChI is InChI=1S/C6H8N2O4/c7-1-4(9)5-3(6(10)11)2-12-8-5/h2,4,9H,1,7H2,(H,10,11). The highest BCUT2D eigenvalue weighted by Crippen LogP contribution is 2.14. The van der Waals surface area contributed by atoms with Gasteiger partial charge in [0.05, 0.1) is 0 Å². The third-order valence-corrected chi connectivity index (χ3v) is 1.37. The van der Waals surface area contributed by atoms with Gasteiger partial charge in [-0.3, -0.25) is 0 Å². The van der Waals surface area contributed by atoms with Gasteiger partial charge in [0.1, 0.15) is 23.6 Å². The molecule has 0 aromatic carbocycles. The molecule has 1 aromatic rings. The summed E-state index contributed by atoms with van der Waals surface area (Å²) in [6.45, 7) is -0.0905. The van der Waals surface area contributed by atoms with Gasteiger partial charge in [-0.2, -0.15) is 0 Å². The number of hydrogen-bond donors (Lipinski definition) is 3. The minimum absolute atomic E-state index is 0.0370. The number of hydrogen-bond acceptors (Lipinski definition) is 5. The molecule has 1 rings (SSSR count). The van der Waals surface area contributed by atoms with Crippen LogP contribution in [0.4, 0.5) is 0 Å². The van der Waals surface area contributed by atoms with Crippen molar-refractivity contribution in [3.63, 3.8) is 0 Å². The molecule has 66 valence electrons. The van der Waals surface area contributed by atoms with Gasteiger partial charge in [-0.1, -0.05) is 5.16 Å². The van der Waals surface area contributed by atoms with E-state index in [2.05, 4.69) is 9.68 Å². The van der Waals surface area contributed by atoms with E-state index in [9.17, 15) is 4.79 Å². The first-order valence-corrected chi connectivity index (χ1v) is 3.22. The van der Waals surface area contributed by atoms with Crippen molar-refractivity contribution in [2.24, 2.45) is 5.73 Å². The molecule has 4 N–H and O–H groups in total. The quantitative estimate of drug-likeness (QED) is 0.559. The predicted octanol–water partition coefficient (Wildman–Crippen LogP) is -0.635. The van der Waals surface area contributed by atoms with Gasteiger partial charge in [-0.25, -0.2) is 4.79 Å². The second-order valence-electron chi connectivity index (χ2n) is 2.17. The molecule has 1 unspecified atom stereocenters. The fourth-order valence-corrected chi connectivity index (χ4v) is 0.757. The lowest BCUT2D eigenvalue weighted by molar-refractivity contribution is 0.0689. The van der Waals surface area contributed by atoms with E-state index in [1.54, 1.807) is 0 Å². The Labute approximate surface area is 67.6 Å². The maximum absolute atomic E-state index is 10.5. The second kappa shape index (κ2) is 3.33. The Morgan fingerprint density at radius 3 is 3.00 bits per heavy atom. The van der Waals surface area contributed by atoms with Crippen LogP contribution in [0.15, 0.2) is 10.8 Å². The number of carboxylic acid groups (broad SMARTS) is 1. The molecular weight excluding hydrogens is 164 g/mol. The second-order valence-corrected chi connectivity index (χ2v) is 2.17. The first-order chi connectivity index (χ1) is 5.66. The molecule has 1 aromatic heterocycles. The Balaban J connectivity index is 2.98. The summed E-state index contributed by atoms with van der Waals surface area (Å²) in [5.41, 5.74) is 4.91. The van der Waals surface area contributed by atoms with Gasteiger partial charge >= 0.3 is 5.97 Å². The molecule has 0 saturated heterocycles. The number of aliphatic hydroxyl groups excluding tert-OH is 1. The zero-order valence-electron chi connectivity index (χ0n) is 6.10. The summed E-state index contributed by atoms with van der Waals surface area (Å²) in [5.74, 6) is -1.20. The molecule has 0 saturated carbocycles. The first kappa shape index (κ1) is 8.69. The van der Waals surface area contributed by atoms with Crippen molar-refractivity contribution in [2.75, 3.05) is 6.54 Å². The summed E-state index contributed by atoms with van der Waals surface area (Å²) < 4.78 is 4.38. The summed E-state index contributed by atoms with van der Waals surface area (Å²) in [6.07, 6.45) is -0.133. The first-order valence-electron chi connectivity index (χ1n) is 3.22. The van der Waals surface area contributed by atoms with E-state index >= 15 is 0 Å². The molecular formula is C6H8N2O4. The van der Waals surface area contributed by atoms with E-state index in [4.69, 9.17) is 15.9 Å². The minimum atomic E-state index is -1.20. The average Bonchev–Trinajstić information content (AvgIpc) is 2.50. The lowest BCUT2D eigenvalue weighted by atomic mass is 10.1. The number of aromatic nitrogens is 1. The Bertz CT molecular complexity index is 283. The highest BCUT2D eigenvalue weighted by atomic mass is 16.5. The molecule has 6 heteroatoms. The molecule has 0 spiro atoms. The fraction of sp³-hybridized carbons (Fsp3) is 0.333. The predicted molar refractivity (Wildman–Crippen MR) is 37.5 cm³/mol. The lowest BCUT2D eigenvalue weighted by Gasteiger charge is -2.02. The molecule has 1 atom stereocenters. The van der Waals surface area contributed by atoms with Crippen LogP contribution in [0.5, 0.6) is 0 Å². The van der Waals surface area contributed by atoms with Crippen molar-refractivity contribution in [2.45, 2.75) is 6.10 Å². The monoisotopic (exact) mass is 172 g/mol. The van der Waals surface area contributed by atoms with E-state index in [1.807, 2.05) is 0 Å². The number of rotatable bonds is 3. The molecule has 0 amide bonds. The number of carboxylic acids is 1. The summed E-state index contributed by atoms with van der Waals surface area (Å²) in [5, 5.41) is 21.0. The van der Waals surface area contributed by atoms with Crippen LogP contribution in [-0.4, -0.2) is 27.9 Å². The lowest BCUT2D eigenvalue weighted by Crippen LogP contribution is -2.14. The number of aliphatic hydroxyl groups is 1. The van der Waals surface area contributed by atoms with Crippen LogP contribution in [0, 0.1) is 0 Å². The van der Waals surface area contributed by atoms with Crippen molar-refractivity contribution in [3.05, 3.63) is 17.5 Å². The topological polar surface area (TPSA) is 110 Å². The van der Waals surface area contributed by atoms with Gasteiger partial charge < -0.3 is 20.5 Å². The number of carbonyl (C=O) groups is 1. The largest absolute Gasteiger partial charge is 0.478 e. The van der Waals surface area contributed by atoms with Gasteiger partial charge in [0.15, 0.2) is 0 Å². The maximum Gasteiger partial charge on any atom is 0.341 e.